The van der Waals surface area contributed by atoms with Crippen LogP contribution in [0.15, 0.2) is 42.5 Å². The lowest BCUT2D eigenvalue weighted by atomic mass is 10.1. The summed E-state index contributed by atoms with van der Waals surface area (Å²) in [5.41, 5.74) is 4.50. The summed E-state index contributed by atoms with van der Waals surface area (Å²) in [7, 11) is 4.14. The fourth-order valence-electron chi connectivity index (χ4n) is 1.96. The third-order valence-electron chi connectivity index (χ3n) is 3.00. The maximum absolute atomic E-state index is 6.12. The molecule has 0 aliphatic rings. The van der Waals surface area contributed by atoms with Gasteiger partial charge in [0.15, 0.2) is 0 Å². The molecule has 1 N–H and O–H groups in total. The van der Waals surface area contributed by atoms with Crippen molar-refractivity contribution in [2.45, 2.75) is 13.5 Å². The summed E-state index contributed by atoms with van der Waals surface area (Å²) in [6.45, 7) is 2.97. The average molecular weight is 275 g/mol. The fraction of sp³-hybridized carbons (Fsp3) is 0.250. The molecule has 0 heterocycles. The summed E-state index contributed by atoms with van der Waals surface area (Å²) in [4.78, 5) is 2.16. The molecule has 100 valence electrons. The normalized spacial score (nSPS) is 10.8. The molecule has 0 bridgehead atoms. The Morgan fingerprint density at radius 1 is 1.05 bits per heavy atom. The van der Waals surface area contributed by atoms with E-state index in [0.717, 1.165) is 28.5 Å². The van der Waals surface area contributed by atoms with E-state index < -0.39 is 0 Å². The molecule has 3 heteroatoms. The smallest absolute Gasteiger partial charge is 0.0455 e. The Morgan fingerprint density at radius 3 is 2.37 bits per heavy atom. The summed E-state index contributed by atoms with van der Waals surface area (Å²) in [6.07, 6.45) is 0. The Kier molecular flexibility index (Phi) is 4.46. The van der Waals surface area contributed by atoms with Gasteiger partial charge in [-0.05, 0) is 56.4 Å². The van der Waals surface area contributed by atoms with Crippen LogP contribution >= 0.6 is 11.6 Å². The topological polar surface area (TPSA) is 15.3 Å². The lowest BCUT2D eigenvalue weighted by Crippen LogP contribution is -2.10. The molecule has 2 nitrogen and oxygen atoms in total. The van der Waals surface area contributed by atoms with Crippen LogP contribution in [0.1, 0.15) is 11.1 Å². The molecule has 0 unspecified atom stereocenters. The highest BCUT2D eigenvalue weighted by atomic mass is 35.5. The van der Waals surface area contributed by atoms with Gasteiger partial charge in [-0.25, -0.2) is 0 Å². The number of rotatable bonds is 4. The predicted octanol–water partition coefficient (Wildman–Crippen LogP) is 4.45. The van der Waals surface area contributed by atoms with Gasteiger partial charge in [-0.15, -0.1) is 0 Å². The zero-order chi connectivity index (χ0) is 13.8. The number of anilines is 2. The van der Waals surface area contributed by atoms with Crippen LogP contribution < -0.4 is 5.32 Å². The number of benzene rings is 2. The zero-order valence-corrected chi connectivity index (χ0v) is 12.3. The van der Waals surface area contributed by atoms with Crippen molar-refractivity contribution in [1.29, 1.82) is 0 Å². The van der Waals surface area contributed by atoms with E-state index in [1.165, 1.54) is 5.56 Å². The zero-order valence-electron chi connectivity index (χ0n) is 11.6. The van der Waals surface area contributed by atoms with E-state index in [2.05, 4.69) is 48.6 Å². The molecule has 2 aromatic carbocycles. The first-order valence-corrected chi connectivity index (χ1v) is 6.70. The van der Waals surface area contributed by atoms with Crippen LogP contribution in [0, 0.1) is 6.92 Å². The van der Waals surface area contributed by atoms with Crippen LogP contribution in [0.5, 0.6) is 0 Å². The van der Waals surface area contributed by atoms with Crippen molar-refractivity contribution < 1.29 is 0 Å². The predicted molar refractivity (Wildman–Crippen MR) is 83.3 cm³/mol. The molecular weight excluding hydrogens is 256 g/mol. The molecule has 0 saturated carbocycles. The monoisotopic (exact) mass is 274 g/mol. The molecule has 0 aliphatic carbocycles. The number of nitrogens with one attached hydrogen (secondary N) is 1. The molecular formula is C16H19ClN2. The van der Waals surface area contributed by atoms with Gasteiger partial charge in [-0.2, -0.15) is 0 Å². The van der Waals surface area contributed by atoms with E-state index in [1.807, 2.05) is 25.1 Å². The van der Waals surface area contributed by atoms with Crippen LogP contribution in [0.3, 0.4) is 0 Å². The second-order valence-electron chi connectivity index (χ2n) is 4.97. The second-order valence-corrected chi connectivity index (χ2v) is 5.38. The van der Waals surface area contributed by atoms with Crippen LogP contribution in [0.4, 0.5) is 11.4 Å². The third-order valence-corrected chi connectivity index (χ3v) is 3.41. The first-order chi connectivity index (χ1) is 9.06. The highest BCUT2D eigenvalue weighted by molar-refractivity contribution is 6.31. The average Bonchev–Trinajstić information content (AvgIpc) is 2.37. The van der Waals surface area contributed by atoms with Gasteiger partial charge < -0.3 is 10.2 Å². The van der Waals surface area contributed by atoms with E-state index in [9.17, 15) is 0 Å². The van der Waals surface area contributed by atoms with Gasteiger partial charge in [-0.1, -0.05) is 29.8 Å². The minimum atomic E-state index is 0.786. The number of halogens is 1. The van der Waals surface area contributed by atoms with E-state index in [4.69, 9.17) is 11.6 Å². The maximum atomic E-state index is 6.12. The first-order valence-electron chi connectivity index (χ1n) is 6.32. The Hall–Kier alpha value is -1.51. The quantitative estimate of drug-likeness (QED) is 0.886. The lowest BCUT2D eigenvalue weighted by molar-refractivity contribution is 0.402. The largest absolute Gasteiger partial charge is 0.355 e. The minimum Gasteiger partial charge on any atom is -0.355 e. The maximum Gasteiger partial charge on any atom is 0.0455 e. The highest BCUT2D eigenvalue weighted by Gasteiger charge is 2.02. The summed E-state index contributed by atoms with van der Waals surface area (Å²) >= 11 is 6.12. The van der Waals surface area contributed by atoms with Crippen LogP contribution in [-0.2, 0) is 6.54 Å². The van der Waals surface area contributed by atoms with Crippen LogP contribution in [0.2, 0.25) is 5.02 Å². The lowest BCUT2D eigenvalue weighted by Gasteiger charge is -2.13. The standard InChI is InChI=1S/C16H19ClN2/c1-12-15(17)5-4-6-16(12)18-14-9-7-13(8-10-14)11-19(2)3/h4-10,18H,11H2,1-3H3. The van der Waals surface area contributed by atoms with Gasteiger partial charge in [0.05, 0.1) is 0 Å². The number of nitrogens with zero attached hydrogens (tertiary/aromatic N) is 1. The summed E-state index contributed by atoms with van der Waals surface area (Å²) in [6, 6.07) is 14.4. The van der Waals surface area contributed by atoms with Crippen molar-refractivity contribution in [2.24, 2.45) is 0 Å². The van der Waals surface area contributed by atoms with Gasteiger partial charge in [0.2, 0.25) is 0 Å². The van der Waals surface area contributed by atoms with Gasteiger partial charge >= 0.3 is 0 Å². The molecule has 0 radical (unpaired) electrons. The molecule has 2 aromatic rings. The minimum absolute atomic E-state index is 0.786. The molecule has 19 heavy (non-hydrogen) atoms. The third kappa shape index (κ3) is 3.72. The Labute approximate surface area is 120 Å². The number of hydrogen-bond acceptors (Lipinski definition) is 2. The molecule has 0 aliphatic heterocycles. The van der Waals surface area contributed by atoms with E-state index in [-0.39, 0.29) is 0 Å². The van der Waals surface area contributed by atoms with Gasteiger partial charge in [-0.3, -0.25) is 0 Å². The van der Waals surface area contributed by atoms with Gasteiger partial charge in [0, 0.05) is 22.9 Å². The summed E-state index contributed by atoms with van der Waals surface area (Å²) < 4.78 is 0. The van der Waals surface area contributed by atoms with E-state index in [1.54, 1.807) is 0 Å². The molecule has 2 rings (SSSR count). The second kappa shape index (κ2) is 6.09. The van der Waals surface area contributed by atoms with Crippen molar-refractivity contribution in [1.82, 2.24) is 4.90 Å². The fourth-order valence-corrected chi connectivity index (χ4v) is 2.13. The van der Waals surface area contributed by atoms with Crippen molar-refractivity contribution in [2.75, 3.05) is 19.4 Å². The van der Waals surface area contributed by atoms with Gasteiger partial charge in [0.1, 0.15) is 0 Å². The number of hydrogen-bond donors (Lipinski definition) is 1. The van der Waals surface area contributed by atoms with Crippen LogP contribution in [-0.4, -0.2) is 19.0 Å². The van der Waals surface area contributed by atoms with Gasteiger partial charge in [0.25, 0.3) is 0 Å². The van der Waals surface area contributed by atoms with Crippen molar-refractivity contribution >= 4 is 23.0 Å². The first kappa shape index (κ1) is 13.9. The van der Waals surface area contributed by atoms with E-state index >= 15 is 0 Å². The van der Waals surface area contributed by atoms with Crippen molar-refractivity contribution in [3.8, 4) is 0 Å². The molecule has 0 fully saturated rings. The molecule has 0 atom stereocenters. The summed E-state index contributed by atoms with van der Waals surface area (Å²) in [5.74, 6) is 0. The van der Waals surface area contributed by atoms with Crippen molar-refractivity contribution in [3.05, 3.63) is 58.6 Å². The molecule has 0 spiro atoms. The Morgan fingerprint density at radius 2 is 1.74 bits per heavy atom. The summed E-state index contributed by atoms with van der Waals surface area (Å²) in [5, 5.41) is 4.18. The molecule has 0 saturated heterocycles. The highest BCUT2D eigenvalue weighted by Crippen LogP contribution is 2.26. The SMILES string of the molecule is Cc1c(Cl)cccc1Nc1ccc(CN(C)C)cc1. The van der Waals surface area contributed by atoms with Crippen LogP contribution in [0.25, 0.3) is 0 Å². The molecule has 0 aromatic heterocycles. The Bertz CT molecular complexity index is 547. The van der Waals surface area contributed by atoms with Crippen molar-refractivity contribution in [3.63, 3.8) is 0 Å². The van der Waals surface area contributed by atoms with E-state index in [0.29, 0.717) is 0 Å². The molecule has 0 amide bonds. The Balaban J connectivity index is 2.13.